The van der Waals surface area contributed by atoms with Crippen molar-refractivity contribution in [1.29, 1.82) is 0 Å². The molecule has 1 unspecified atom stereocenters. The molecule has 13 heavy (non-hydrogen) atoms. The van der Waals surface area contributed by atoms with Crippen LogP contribution < -0.4 is 0 Å². The molecular formula is C11H10S2. The van der Waals surface area contributed by atoms with E-state index >= 15 is 0 Å². The second kappa shape index (κ2) is 4.58. The number of allylic oxidation sites excluding steroid dienone is 2. The Kier molecular flexibility index (Phi) is 3.16. The highest BCUT2D eigenvalue weighted by atomic mass is 32.2. The standard InChI is InChI=1S/C11H10S2/c1-2-6-10(7-3-1)13-11-8-4-5-9-12-11/h1-9,11H. The van der Waals surface area contributed by atoms with Gasteiger partial charge in [0.2, 0.25) is 0 Å². The van der Waals surface area contributed by atoms with Gasteiger partial charge < -0.3 is 0 Å². The van der Waals surface area contributed by atoms with Gasteiger partial charge >= 0.3 is 0 Å². The summed E-state index contributed by atoms with van der Waals surface area (Å²) in [6.07, 6.45) is 6.41. The van der Waals surface area contributed by atoms with Gasteiger partial charge in [-0.3, -0.25) is 0 Å². The van der Waals surface area contributed by atoms with Crippen molar-refractivity contribution in [1.82, 2.24) is 0 Å². The summed E-state index contributed by atoms with van der Waals surface area (Å²) in [7, 11) is 0. The van der Waals surface area contributed by atoms with Gasteiger partial charge in [0.25, 0.3) is 0 Å². The van der Waals surface area contributed by atoms with Crippen LogP contribution in [0.15, 0.2) is 58.9 Å². The lowest BCUT2D eigenvalue weighted by atomic mass is 10.4. The zero-order chi connectivity index (χ0) is 8.93. The maximum absolute atomic E-state index is 2.22. The lowest BCUT2D eigenvalue weighted by molar-refractivity contribution is 1.45. The molecule has 0 aromatic heterocycles. The van der Waals surface area contributed by atoms with E-state index in [0.29, 0.717) is 4.58 Å². The van der Waals surface area contributed by atoms with Gasteiger partial charge in [0.1, 0.15) is 0 Å². The van der Waals surface area contributed by atoms with Crippen LogP contribution in [0.1, 0.15) is 0 Å². The number of hydrogen-bond donors (Lipinski definition) is 0. The molecule has 1 atom stereocenters. The minimum absolute atomic E-state index is 0.535. The summed E-state index contributed by atoms with van der Waals surface area (Å²) in [5, 5.41) is 2.14. The van der Waals surface area contributed by atoms with Gasteiger partial charge in [-0.2, -0.15) is 0 Å². The first-order valence-electron chi connectivity index (χ1n) is 4.16. The second-order valence-corrected chi connectivity index (χ2v) is 5.21. The molecule has 1 aliphatic rings. The zero-order valence-electron chi connectivity index (χ0n) is 7.09. The van der Waals surface area contributed by atoms with Gasteiger partial charge in [0.05, 0.1) is 4.58 Å². The third-order valence-corrected chi connectivity index (χ3v) is 3.96. The van der Waals surface area contributed by atoms with Crippen molar-refractivity contribution in [2.75, 3.05) is 0 Å². The lowest BCUT2D eigenvalue weighted by Gasteiger charge is -2.11. The third kappa shape index (κ3) is 2.68. The van der Waals surface area contributed by atoms with Gasteiger partial charge in [-0.25, -0.2) is 0 Å². The predicted molar refractivity (Wildman–Crippen MR) is 62.0 cm³/mol. The molecule has 66 valence electrons. The summed E-state index contributed by atoms with van der Waals surface area (Å²) < 4.78 is 0.535. The molecule has 1 aliphatic heterocycles. The highest BCUT2D eigenvalue weighted by Gasteiger charge is 2.06. The Bertz CT molecular complexity index is 314. The molecule has 1 aromatic carbocycles. The largest absolute Gasteiger partial charge is 0.115 e. The normalized spacial score (nSPS) is 20.5. The first-order chi connectivity index (χ1) is 6.45. The van der Waals surface area contributed by atoms with Crippen molar-refractivity contribution in [3.8, 4) is 0 Å². The molecule has 2 heteroatoms. The summed E-state index contributed by atoms with van der Waals surface area (Å²) in [6.45, 7) is 0. The molecule has 0 amide bonds. The van der Waals surface area contributed by atoms with Crippen LogP contribution in [-0.4, -0.2) is 4.58 Å². The van der Waals surface area contributed by atoms with Crippen molar-refractivity contribution in [3.63, 3.8) is 0 Å². The molecule has 1 aromatic rings. The van der Waals surface area contributed by atoms with Gasteiger partial charge in [0.15, 0.2) is 0 Å². The maximum atomic E-state index is 2.22. The van der Waals surface area contributed by atoms with E-state index in [2.05, 4.69) is 47.9 Å². The highest BCUT2D eigenvalue weighted by molar-refractivity contribution is 8.18. The first kappa shape index (κ1) is 8.97. The van der Waals surface area contributed by atoms with Gasteiger partial charge in [-0.15, -0.1) is 23.5 Å². The maximum Gasteiger partial charge on any atom is 0.0773 e. The summed E-state index contributed by atoms with van der Waals surface area (Å²) in [5.74, 6) is 0. The summed E-state index contributed by atoms with van der Waals surface area (Å²) in [6, 6.07) is 10.5. The summed E-state index contributed by atoms with van der Waals surface area (Å²) >= 11 is 3.74. The van der Waals surface area contributed by atoms with Crippen LogP contribution in [0, 0.1) is 0 Å². The molecule has 0 bridgehead atoms. The molecule has 2 rings (SSSR count). The molecule has 1 heterocycles. The van der Waals surface area contributed by atoms with Crippen molar-refractivity contribution in [2.24, 2.45) is 0 Å². The zero-order valence-corrected chi connectivity index (χ0v) is 8.72. The third-order valence-electron chi connectivity index (χ3n) is 1.67. The Hall–Kier alpha value is -0.600. The quantitative estimate of drug-likeness (QED) is 0.719. The molecule has 0 fully saturated rings. The first-order valence-corrected chi connectivity index (χ1v) is 5.98. The van der Waals surface area contributed by atoms with Gasteiger partial charge in [-0.05, 0) is 17.5 Å². The van der Waals surface area contributed by atoms with E-state index in [1.807, 2.05) is 29.6 Å². The minimum atomic E-state index is 0.535. The van der Waals surface area contributed by atoms with E-state index in [-0.39, 0.29) is 0 Å². The fourth-order valence-electron chi connectivity index (χ4n) is 1.07. The molecule has 0 aliphatic carbocycles. The minimum Gasteiger partial charge on any atom is -0.115 e. The SMILES string of the molecule is C1=CSC(Sc2ccccc2)C=C1. The van der Waals surface area contributed by atoms with E-state index in [0.717, 1.165) is 0 Å². The Morgan fingerprint density at radius 1 is 1.08 bits per heavy atom. The Morgan fingerprint density at radius 2 is 1.92 bits per heavy atom. The van der Waals surface area contributed by atoms with Crippen molar-refractivity contribution < 1.29 is 0 Å². The molecule has 0 saturated heterocycles. The lowest BCUT2D eigenvalue weighted by Crippen LogP contribution is -1.91. The number of benzene rings is 1. The van der Waals surface area contributed by atoms with E-state index < -0.39 is 0 Å². The Labute approximate surface area is 87.1 Å². The number of hydrogen-bond acceptors (Lipinski definition) is 2. The molecule has 0 N–H and O–H groups in total. The van der Waals surface area contributed by atoms with E-state index in [4.69, 9.17) is 0 Å². The molecule has 0 radical (unpaired) electrons. The average Bonchev–Trinajstić information content (AvgIpc) is 2.21. The van der Waals surface area contributed by atoms with E-state index in [9.17, 15) is 0 Å². The van der Waals surface area contributed by atoms with Crippen LogP contribution in [-0.2, 0) is 0 Å². The number of thioether (sulfide) groups is 2. The van der Waals surface area contributed by atoms with Gasteiger partial charge in [-0.1, -0.05) is 36.4 Å². The molecule has 0 nitrogen and oxygen atoms in total. The summed E-state index contributed by atoms with van der Waals surface area (Å²) in [4.78, 5) is 1.33. The van der Waals surface area contributed by atoms with E-state index in [1.54, 1.807) is 0 Å². The van der Waals surface area contributed by atoms with Crippen LogP contribution in [0.25, 0.3) is 0 Å². The fourth-order valence-corrected chi connectivity index (χ4v) is 3.09. The highest BCUT2D eigenvalue weighted by Crippen LogP contribution is 2.33. The summed E-state index contributed by atoms with van der Waals surface area (Å²) in [5.41, 5.74) is 0. The van der Waals surface area contributed by atoms with Crippen molar-refractivity contribution in [3.05, 3.63) is 54.0 Å². The second-order valence-electron chi connectivity index (χ2n) is 2.65. The van der Waals surface area contributed by atoms with Crippen LogP contribution in [0.5, 0.6) is 0 Å². The monoisotopic (exact) mass is 206 g/mol. The Morgan fingerprint density at radius 3 is 2.62 bits per heavy atom. The van der Waals surface area contributed by atoms with Crippen molar-refractivity contribution in [2.45, 2.75) is 9.48 Å². The van der Waals surface area contributed by atoms with Crippen LogP contribution in [0.3, 0.4) is 0 Å². The topological polar surface area (TPSA) is 0 Å². The van der Waals surface area contributed by atoms with Gasteiger partial charge in [0, 0.05) is 4.90 Å². The Balaban J connectivity index is 1.99. The smallest absolute Gasteiger partial charge is 0.0773 e. The van der Waals surface area contributed by atoms with Crippen LogP contribution in [0.2, 0.25) is 0 Å². The molecule has 0 saturated carbocycles. The van der Waals surface area contributed by atoms with Crippen LogP contribution >= 0.6 is 23.5 Å². The molecular weight excluding hydrogens is 196 g/mol. The van der Waals surface area contributed by atoms with E-state index in [1.165, 1.54) is 4.90 Å². The van der Waals surface area contributed by atoms with Crippen molar-refractivity contribution >= 4 is 23.5 Å². The van der Waals surface area contributed by atoms with Crippen LogP contribution in [0.4, 0.5) is 0 Å². The molecule has 0 spiro atoms. The number of rotatable bonds is 2. The fraction of sp³-hybridized carbons (Fsp3) is 0.0909. The average molecular weight is 206 g/mol. The predicted octanol–water partition coefficient (Wildman–Crippen LogP) is 3.92.